The van der Waals surface area contributed by atoms with E-state index in [9.17, 15) is 15.0 Å². The van der Waals surface area contributed by atoms with Crippen LogP contribution in [-0.4, -0.2) is 55.1 Å². The van der Waals surface area contributed by atoms with E-state index < -0.39 is 11.9 Å². The zero-order valence-corrected chi connectivity index (χ0v) is 19.8. The molecule has 0 radical (unpaired) electrons. The number of amides is 1. The minimum atomic E-state index is -0.536. The Kier molecular flexibility index (Phi) is 7.12. The number of fused-ring (bicyclic) bond motifs is 1. The van der Waals surface area contributed by atoms with Crippen molar-refractivity contribution in [1.29, 1.82) is 0 Å². The Labute approximate surface area is 203 Å². The van der Waals surface area contributed by atoms with E-state index in [0.29, 0.717) is 34.8 Å². The summed E-state index contributed by atoms with van der Waals surface area (Å²) in [5, 5.41) is 24.2. The summed E-state index contributed by atoms with van der Waals surface area (Å²) in [6, 6.07) is 15.6. The molecule has 0 aliphatic carbocycles. The van der Waals surface area contributed by atoms with E-state index in [-0.39, 0.29) is 17.9 Å². The van der Waals surface area contributed by atoms with Crippen LogP contribution in [0.25, 0.3) is 22.0 Å². The van der Waals surface area contributed by atoms with Gasteiger partial charge in [-0.15, -0.1) is 0 Å². The second kappa shape index (κ2) is 10.4. The van der Waals surface area contributed by atoms with Gasteiger partial charge in [0.2, 0.25) is 5.75 Å². The highest BCUT2D eigenvalue weighted by molar-refractivity contribution is 5.98. The van der Waals surface area contributed by atoms with Crippen molar-refractivity contribution in [2.24, 2.45) is 0 Å². The molecule has 0 aliphatic rings. The molecular formula is C27H28N2O6. The fourth-order valence-electron chi connectivity index (χ4n) is 4.14. The first kappa shape index (κ1) is 24.0. The second-order valence-electron chi connectivity index (χ2n) is 8.06. The number of aromatic amines is 1. The molecule has 0 aliphatic heterocycles. The molecule has 4 rings (SSSR count). The van der Waals surface area contributed by atoms with Crippen molar-refractivity contribution in [3.05, 3.63) is 71.9 Å². The number of carbonyl (C=O) groups is 1. The molecule has 0 spiro atoms. The number of methoxy groups -OCH3 is 3. The van der Waals surface area contributed by atoms with Crippen LogP contribution in [0, 0.1) is 0 Å². The third-order valence-electron chi connectivity index (χ3n) is 5.94. The maximum atomic E-state index is 13.1. The normalized spacial score (nSPS) is 11.8. The monoisotopic (exact) mass is 476 g/mol. The first-order valence-corrected chi connectivity index (χ1v) is 11.1. The minimum absolute atomic E-state index is 0.0913. The summed E-state index contributed by atoms with van der Waals surface area (Å²) >= 11 is 0. The van der Waals surface area contributed by atoms with E-state index in [1.165, 1.54) is 27.4 Å². The number of hydrogen-bond acceptors (Lipinski definition) is 6. The van der Waals surface area contributed by atoms with Crippen molar-refractivity contribution in [1.82, 2.24) is 10.3 Å². The van der Waals surface area contributed by atoms with Gasteiger partial charge in [0.15, 0.2) is 11.5 Å². The molecule has 1 atom stereocenters. The number of rotatable bonds is 9. The number of para-hydroxylation sites is 1. The van der Waals surface area contributed by atoms with Gasteiger partial charge in [0, 0.05) is 17.1 Å². The second-order valence-corrected chi connectivity index (χ2v) is 8.06. The molecule has 0 bridgehead atoms. The third-order valence-corrected chi connectivity index (χ3v) is 5.94. The van der Waals surface area contributed by atoms with Crippen LogP contribution in [0.3, 0.4) is 0 Å². The van der Waals surface area contributed by atoms with Crippen LogP contribution >= 0.6 is 0 Å². The van der Waals surface area contributed by atoms with Crippen LogP contribution in [0.2, 0.25) is 0 Å². The van der Waals surface area contributed by atoms with E-state index in [2.05, 4.69) is 10.3 Å². The fraction of sp³-hybridized carbons (Fsp3) is 0.222. The number of H-pyrrole nitrogens is 1. The Balaban J connectivity index is 1.60. The number of phenolic OH excluding ortho intramolecular Hbond substituents is 1. The molecule has 182 valence electrons. The van der Waals surface area contributed by atoms with Gasteiger partial charge in [0.05, 0.1) is 39.5 Å². The van der Waals surface area contributed by atoms with Crippen molar-refractivity contribution < 1.29 is 29.2 Å². The van der Waals surface area contributed by atoms with Gasteiger partial charge in [-0.25, -0.2) is 0 Å². The van der Waals surface area contributed by atoms with Gasteiger partial charge in [-0.2, -0.15) is 0 Å². The number of hydrogen-bond donors (Lipinski definition) is 4. The number of phenols is 1. The zero-order valence-electron chi connectivity index (χ0n) is 19.8. The van der Waals surface area contributed by atoms with Crippen molar-refractivity contribution >= 4 is 16.8 Å². The van der Waals surface area contributed by atoms with E-state index >= 15 is 0 Å². The standard InChI is InChI=1S/C27H28N2O6/c1-33-24-12-17(13-25(34-2)26(24)35-3)16-8-9-23(31)21(11-16)27(32)29-19(15-30)10-18-14-28-22-7-5-4-6-20(18)22/h4-9,11-14,19,28,30-31H,10,15H2,1-3H3,(H,29,32)/t19-/m1/s1. The molecule has 1 amide bonds. The van der Waals surface area contributed by atoms with Gasteiger partial charge in [0.25, 0.3) is 5.91 Å². The van der Waals surface area contributed by atoms with Crippen molar-refractivity contribution in [3.8, 4) is 34.1 Å². The van der Waals surface area contributed by atoms with E-state index in [4.69, 9.17) is 14.2 Å². The van der Waals surface area contributed by atoms with Crippen LogP contribution in [-0.2, 0) is 6.42 Å². The molecule has 35 heavy (non-hydrogen) atoms. The SMILES string of the molecule is COc1cc(-c2ccc(O)c(C(=O)N[C@@H](CO)Cc3c[nH]c4ccccc34)c2)cc(OC)c1OC. The van der Waals surface area contributed by atoms with Crippen LogP contribution in [0.5, 0.6) is 23.0 Å². The summed E-state index contributed by atoms with van der Waals surface area (Å²) < 4.78 is 16.2. The molecule has 0 unspecified atom stereocenters. The van der Waals surface area contributed by atoms with Crippen LogP contribution < -0.4 is 19.5 Å². The Morgan fingerprint density at radius 3 is 2.34 bits per heavy atom. The average molecular weight is 477 g/mol. The lowest BCUT2D eigenvalue weighted by Crippen LogP contribution is -2.39. The maximum absolute atomic E-state index is 13.1. The number of nitrogens with one attached hydrogen (secondary N) is 2. The predicted molar refractivity (Wildman–Crippen MR) is 134 cm³/mol. The Morgan fingerprint density at radius 1 is 0.971 bits per heavy atom. The van der Waals surface area contributed by atoms with Gasteiger partial charge in [0.1, 0.15) is 5.75 Å². The molecule has 0 fully saturated rings. The number of aromatic hydroxyl groups is 1. The first-order chi connectivity index (χ1) is 17.0. The smallest absolute Gasteiger partial charge is 0.255 e. The number of carbonyl (C=O) groups excluding carboxylic acids is 1. The summed E-state index contributed by atoms with van der Waals surface area (Å²) in [5.41, 5.74) is 3.45. The summed E-state index contributed by atoms with van der Waals surface area (Å²) in [7, 11) is 4.58. The van der Waals surface area contributed by atoms with Gasteiger partial charge < -0.3 is 34.7 Å². The van der Waals surface area contributed by atoms with Crippen molar-refractivity contribution in [2.75, 3.05) is 27.9 Å². The van der Waals surface area contributed by atoms with Gasteiger partial charge in [-0.05, 0) is 53.4 Å². The van der Waals surface area contributed by atoms with E-state index in [0.717, 1.165) is 16.5 Å². The molecule has 4 N–H and O–H groups in total. The number of ether oxygens (including phenoxy) is 3. The van der Waals surface area contributed by atoms with E-state index in [1.807, 2.05) is 30.5 Å². The van der Waals surface area contributed by atoms with Gasteiger partial charge >= 0.3 is 0 Å². The summed E-state index contributed by atoms with van der Waals surface area (Å²) in [4.78, 5) is 16.3. The lowest BCUT2D eigenvalue weighted by Gasteiger charge is -2.18. The number of aliphatic hydroxyl groups excluding tert-OH is 1. The molecule has 8 nitrogen and oxygen atoms in total. The Hall–Kier alpha value is -4.17. The average Bonchev–Trinajstić information content (AvgIpc) is 3.30. The highest BCUT2D eigenvalue weighted by Crippen LogP contribution is 2.41. The fourth-order valence-corrected chi connectivity index (χ4v) is 4.14. The maximum Gasteiger partial charge on any atom is 0.255 e. The molecule has 1 heterocycles. The van der Waals surface area contributed by atoms with Crippen LogP contribution in [0.1, 0.15) is 15.9 Å². The Morgan fingerprint density at radius 2 is 1.69 bits per heavy atom. The topological polar surface area (TPSA) is 113 Å². The molecule has 0 saturated heterocycles. The molecule has 4 aromatic rings. The van der Waals surface area contributed by atoms with Crippen molar-refractivity contribution in [3.63, 3.8) is 0 Å². The lowest BCUT2D eigenvalue weighted by atomic mass is 10.0. The first-order valence-electron chi connectivity index (χ1n) is 11.1. The minimum Gasteiger partial charge on any atom is -0.507 e. The molecule has 3 aromatic carbocycles. The number of aliphatic hydroxyl groups is 1. The number of benzene rings is 3. The molecule has 0 saturated carbocycles. The number of aromatic nitrogens is 1. The zero-order chi connectivity index (χ0) is 24.9. The largest absolute Gasteiger partial charge is 0.507 e. The lowest BCUT2D eigenvalue weighted by molar-refractivity contribution is 0.0914. The summed E-state index contributed by atoms with van der Waals surface area (Å²) in [6.07, 6.45) is 2.31. The molecule has 8 heteroatoms. The van der Waals surface area contributed by atoms with E-state index in [1.54, 1.807) is 24.3 Å². The third kappa shape index (κ3) is 4.88. The van der Waals surface area contributed by atoms with Crippen LogP contribution in [0.4, 0.5) is 0 Å². The highest BCUT2D eigenvalue weighted by Gasteiger charge is 2.20. The predicted octanol–water partition coefficient (Wildman–Crippen LogP) is 3.90. The summed E-state index contributed by atoms with van der Waals surface area (Å²) in [5.74, 6) is 0.747. The van der Waals surface area contributed by atoms with Gasteiger partial charge in [-0.1, -0.05) is 24.3 Å². The highest BCUT2D eigenvalue weighted by atomic mass is 16.5. The summed E-state index contributed by atoms with van der Waals surface area (Å²) in [6.45, 7) is -0.251. The van der Waals surface area contributed by atoms with Crippen LogP contribution in [0.15, 0.2) is 60.8 Å². The van der Waals surface area contributed by atoms with Crippen molar-refractivity contribution in [2.45, 2.75) is 12.5 Å². The molecular weight excluding hydrogens is 448 g/mol. The molecule has 1 aromatic heterocycles. The van der Waals surface area contributed by atoms with Gasteiger partial charge in [-0.3, -0.25) is 4.79 Å². The Bertz CT molecular complexity index is 1320. The quantitative estimate of drug-likeness (QED) is 0.291.